The van der Waals surface area contributed by atoms with Gasteiger partial charge in [-0.2, -0.15) is 0 Å². The van der Waals surface area contributed by atoms with Crippen LogP contribution in [0.2, 0.25) is 0 Å². The molecule has 0 aromatic carbocycles. The molecule has 2 N–H and O–H groups in total. The summed E-state index contributed by atoms with van der Waals surface area (Å²) in [7, 11) is 0. The van der Waals surface area contributed by atoms with Crippen molar-refractivity contribution in [3.63, 3.8) is 0 Å². The number of nitrogens with one attached hydrogen (secondary N) is 2. The minimum atomic E-state index is -0.576. The predicted molar refractivity (Wildman–Crippen MR) is 91.5 cm³/mol. The van der Waals surface area contributed by atoms with E-state index in [9.17, 15) is 14.4 Å². The van der Waals surface area contributed by atoms with E-state index in [0.29, 0.717) is 10.8 Å². The average molecular weight is 352 g/mol. The summed E-state index contributed by atoms with van der Waals surface area (Å²) in [6.07, 6.45) is 3.09. The Morgan fingerprint density at radius 2 is 2.00 bits per heavy atom. The Morgan fingerprint density at radius 1 is 1.29 bits per heavy atom. The van der Waals surface area contributed by atoms with Gasteiger partial charge < -0.3 is 4.74 Å². The van der Waals surface area contributed by atoms with Crippen LogP contribution in [0.1, 0.15) is 54.2 Å². The van der Waals surface area contributed by atoms with Crippen LogP contribution in [0.4, 0.5) is 0 Å². The van der Waals surface area contributed by atoms with E-state index >= 15 is 0 Å². The molecule has 0 spiro atoms. The molecule has 1 aromatic heterocycles. The van der Waals surface area contributed by atoms with E-state index in [4.69, 9.17) is 4.74 Å². The first-order valence-electron chi connectivity index (χ1n) is 8.01. The smallest absolute Gasteiger partial charge is 0.348 e. The molecule has 0 aliphatic heterocycles. The molecule has 1 heterocycles. The molecule has 0 radical (unpaired) electrons. The highest BCUT2D eigenvalue weighted by molar-refractivity contribution is 7.14. The molecule has 7 heteroatoms. The largest absolute Gasteiger partial charge is 0.451 e. The van der Waals surface area contributed by atoms with Gasteiger partial charge in [-0.15, -0.1) is 11.3 Å². The van der Waals surface area contributed by atoms with Crippen LogP contribution in [-0.2, 0) is 27.2 Å². The van der Waals surface area contributed by atoms with Crippen molar-refractivity contribution >= 4 is 29.1 Å². The monoisotopic (exact) mass is 352 g/mol. The predicted octanol–water partition coefficient (Wildman–Crippen LogP) is 2.22. The lowest BCUT2D eigenvalue weighted by Gasteiger charge is -2.33. The van der Waals surface area contributed by atoms with Gasteiger partial charge >= 0.3 is 5.97 Å². The quantitative estimate of drug-likeness (QED) is 0.645. The fourth-order valence-corrected chi connectivity index (χ4v) is 3.86. The maximum atomic E-state index is 12.1. The number of hydrogen-bond donors (Lipinski definition) is 2. The zero-order valence-corrected chi connectivity index (χ0v) is 15.3. The van der Waals surface area contributed by atoms with Crippen molar-refractivity contribution in [1.29, 1.82) is 0 Å². The van der Waals surface area contributed by atoms with Gasteiger partial charge in [-0.25, -0.2) is 4.79 Å². The van der Waals surface area contributed by atoms with Crippen LogP contribution in [-0.4, -0.2) is 24.4 Å². The molecule has 0 fully saturated rings. The molecule has 2 amide bonds. The zero-order chi connectivity index (χ0) is 17.9. The Kier molecular flexibility index (Phi) is 5.64. The van der Waals surface area contributed by atoms with Gasteiger partial charge in [-0.1, -0.05) is 20.8 Å². The molecular formula is C17H24N2O4S. The van der Waals surface area contributed by atoms with Crippen molar-refractivity contribution in [2.24, 2.45) is 11.3 Å². The van der Waals surface area contributed by atoms with Gasteiger partial charge in [0.2, 0.25) is 5.91 Å². The van der Waals surface area contributed by atoms with Gasteiger partial charge in [0.1, 0.15) is 4.88 Å². The molecule has 1 aromatic rings. The van der Waals surface area contributed by atoms with E-state index in [2.05, 4.69) is 31.6 Å². The third-order valence-electron chi connectivity index (χ3n) is 4.22. The molecule has 0 saturated heterocycles. The summed E-state index contributed by atoms with van der Waals surface area (Å²) < 4.78 is 5.00. The first-order chi connectivity index (χ1) is 11.2. The first kappa shape index (κ1) is 18.4. The second-order valence-corrected chi connectivity index (χ2v) is 8.31. The lowest BCUT2D eigenvalue weighted by molar-refractivity contribution is -0.129. The van der Waals surface area contributed by atoms with Crippen LogP contribution in [0, 0.1) is 11.3 Å². The number of hydrazine groups is 1. The van der Waals surface area contributed by atoms with Crippen molar-refractivity contribution in [2.45, 2.75) is 47.0 Å². The van der Waals surface area contributed by atoms with Crippen LogP contribution in [0.25, 0.3) is 0 Å². The average Bonchev–Trinajstić information content (AvgIpc) is 2.92. The van der Waals surface area contributed by atoms with E-state index in [1.165, 1.54) is 28.7 Å². The Labute approximate surface area is 145 Å². The molecule has 0 unspecified atom stereocenters. The summed E-state index contributed by atoms with van der Waals surface area (Å²) in [4.78, 5) is 36.0. The normalized spacial score (nSPS) is 16.9. The van der Waals surface area contributed by atoms with E-state index in [0.717, 1.165) is 19.3 Å². The van der Waals surface area contributed by atoms with Gasteiger partial charge in [0.15, 0.2) is 6.61 Å². The summed E-state index contributed by atoms with van der Waals surface area (Å²) in [6.45, 7) is 7.59. The van der Waals surface area contributed by atoms with Crippen molar-refractivity contribution in [3.05, 3.63) is 21.4 Å². The molecule has 6 nitrogen and oxygen atoms in total. The maximum absolute atomic E-state index is 12.1. The van der Waals surface area contributed by atoms with E-state index in [1.807, 2.05) is 6.07 Å². The molecule has 24 heavy (non-hydrogen) atoms. The lowest BCUT2D eigenvalue weighted by atomic mass is 9.72. The summed E-state index contributed by atoms with van der Waals surface area (Å²) in [5.41, 5.74) is 5.76. The number of rotatable bonds is 3. The molecule has 1 atom stereocenters. The maximum Gasteiger partial charge on any atom is 0.348 e. The number of esters is 1. The highest BCUT2D eigenvalue weighted by Gasteiger charge is 2.30. The van der Waals surface area contributed by atoms with Crippen molar-refractivity contribution < 1.29 is 19.1 Å². The number of aryl methyl sites for hydroxylation is 1. The number of fused-ring (bicyclic) bond motifs is 1. The van der Waals surface area contributed by atoms with E-state index in [-0.39, 0.29) is 5.41 Å². The number of carbonyl (C=O) groups is 3. The van der Waals surface area contributed by atoms with E-state index < -0.39 is 24.4 Å². The first-order valence-corrected chi connectivity index (χ1v) is 8.82. The molecule has 132 valence electrons. The van der Waals surface area contributed by atoms with Gasteiger partial charge in [0, 0.05) is 11.8 Å². The highest BCUT2D eigenvalue weighted by atomic mass is 32.1. The van der Waals surface area contributed by atoms with Crippen LogP contribution in [0.5, 0.6) is 0 Å². The number of carbonyl (C=O) groups excluding carboxylic acids is 3. The Balaban J connectivity index is 1.92. The lowest BCUT2D eigenvalue weighted by Crippen LogP contribution is -2.42. The third-order valence-corrected chi connectivity index (χ3v) is 5.44. The summed E-state index contributed by atoms with van der Waals surface area (Å²) in [5, 5.41) is 0. The number of amides is 2. The molecular weight excluding hydrogens is 328 g/mol. The standard InChI is InChI=1S/C17H24N2O4S/c1-10(20)18-19-15(21)9-23-16(22)14-8-11-7-12(17(2,3)4)5-6-13(11)24-14/h8,12H,5-7,9H2,1-4H3,(H,18,20)(H,19,21)/t12-/m1/s1. The minimum Gasteiger partial charge on any atom is -0.451 e. The van der Waals surface area contributed by atoms with Crippen LogP contribution in [0.3, 0.4) is 0 Å². The van der Waals surface area contributed by atoms with Gasteiger partial charge in [0.05, 0.1) is 0 Å². The molecule has 1 aliphatic carbocycles. The molecule has 0 bridgehead atoms. The molecule has 1 aliphatic rings. The van der Waals surface area contributed by atoms with Crippen molar-refractivity contribution in [1.82, 2.24) is 10.9 Å². The van der Waals surface area contributed by atoms with E-state index in [1.54, 1.807) is 0 Å². The van der Waals surface area contributed by atoms with Crippen molar-refractivity contribution in [3.8, 4) is 0 Å². The summed E-state index contributed by atoms with van der Waals surface area (Å²) in [5.74, 6) is -0.867. The topological polar surface area (TPSA) is 84.5 Å². The Bertz CT molecular complexity index is 646. The van der Waals surface area contributed by atoms with Gasteiger partial charge in [-0.05, 0) is 42.2 Å². The highest BCUT2D eigenvalue weighted by Crippen LogP contribution is 2.40. The number of thiophene rings is 1. The SMILES string of the molecule is CC(=O)NNC(=O)COC(=O)c1cc2c(s1)CC[C@@H](C(C)(C)C)C2. The number of ether oxygens (including phenoxy) is 1. The van der Waals surface area contributed by atoms with Crippen LogP contribution >= 0.6 is 11.3 Å². The van der Waals surface area contributed by atoms with Gasteiger partial charge in [-0.3, -0.25) is 20.4 Å². The van der Waals surface area contributed by atoms with Crippen LogP contribution < -0.4 is 10.9 Å². The Morgan fingerprint density at radius 3 is 2.62 bits per heavy atom. The second kappa shape index (κ2) is 7.34. The summed E-state index contributed by atoms with van der Waals surface area (Å²) in [6, 6.07) is 1.89. The second-order valence-electron chi connectivity index (χ2n) is 7.17. The zero-order valence-electron chi connectivity index (χ0n) is 14.5. The van der Waals surface area contributed by atoms with Gasteiger partial charge in [0.25, 0.3) is 5.91 Å². The minimum absolute atomic E-state index is 0.252. The molecule has 2 rings (SSSR count). The number of hydrogen-bond acceptors (Lipinski definition) is 5. The van der Waals surface area contributed by atoms with Crippen LogP contribution in [0.15, 0.2) is 6.07 Å². The fraction of sp³-hybridized carbons (Fsp3) is 0.588. The van der Waals surface area contributed by atoms with Crippen molar-refractivity contribution in [2.75, 3.05) is 6.61 Å². The fourth-order valence-electron chi connectivity index (χ4n) is 2.76. The molecule has 0 saturated carbocycles. The summed E-state index contributed by atoms with van der Waals surface area (Å²) >= 11 is 1.45. The third kappa shape index (κ3) is 4.80. The Hall–Kier alpha value is -1.89.